The lowest BCUT2D eigenvalue weighted by atomic mass is 10.2. The van der Waals surface area contributed by atoms with Gasteiger partial charge in [-0.15, -0.1) is 0 Å². The normalized spacial score (nSPS) is 19.6. The first-order valence-corrected chi connectivity index (χ1v) is 9.06. The molecule has 1 fully saturated rings. The summed E-state index contributed by atoms with van der Waals surface area (Å²) in [5, 5.41) is 7.67. The fraction of sp³-hybridized carbons (Fsp3) is 0.786. The Morgan fingerprint density at radius 2 is 2.14 bits per heavy atom. The highest BCUT2D eigenvalue weighted by atomic mass is 32.2. The summed E-state index contributed by atoms with van der Waals surface area (Å²) in [6.07, 6.45) is 2.13. The number of sulfonamides is 1. The summed E-state index contributed by atoms with van der Waals surface area (Å²) in [5.74, 6) is 0.425. The molecule has 1 saturated heterocycles. The van der Waals surface area contributed by atoms with Crippen LogP contribution in [0.15, 0.2) is 4.90 Å². The number of rotatable bonds is 6. The van der Waals surface area contributed by atoms with Crippen LogP contribution in [0.4, 0.5) is 0 Å². The molecule has 7 heteroatoms. The number of nitrogens with zero attached hydrogens (tertiary/aromatic N) is 2. The van der Waals surface area contributed by atoms with Gasteiger partial charge in [-0.3, -0.25) is 4.68 Å². The fourth-order valence-electron chi connectivity index (χ4n) is 2.81. The largest absolute Gasteiger partial charge is 0.313 e. The zero-order valence-electron chi connectivity index (χ0n) is 13.3. The molecule has 1 atom stereocenters. The molecule has 0 spiro atoms. The molecule has 1 aromatic heterocycles. The summed E-state index contributed by atoms with van der Waals surface area (Å²) in [7, 11) is -3.50. The number of hydrogen-bond acceptors (Lipinski definition) is 4. The minimum absolute atomic E-state index is 0.242. The predicted octanol–water partition coefficient (Wildman–Crippen LogP) is 1.19. The van der Waals surface area contributed by atoms with Crippen molar-refractivity contribution in [3.05, 3.63) is 11.4 Å². The van der Waals surface area contributed by atoms with E-state index in [1.165, 1.54) is 0 Å². The summed E-state index contributed by atoms with van der Waals surface area (Å²) >= 11 is 0. The molecule has 0 bridgehead atoms. The second-order valence-electron chi connectivity index (χ2n) is 6.22. The Balaban J connectivity index is 2.16. The SMILES string of the molecule is Cc1nn(CC(C)C)c(C)c1S(=O)(=O)NCC1CCCN1. The van der Waals surface area contributed by atoms with Gasteiger partial charge in [0.25, 0.3) is 0 Å². The van der Waals surface area contributed by atoms with Crippen molar-refractivity contribution in [2.75, 3.05) is 13.1 Å². The van der Waals surface area contributed by atoms with Crippen molar-refractivity contribution < 1.29 is 8.42 Å². The minimum atomic E-state index is -3.50. The van der Waals surface area contributed by atoms with Crippen LogP contribution < -0.4 is 10.0 Å². The van der Waals surface area contributed by atoms with Gasteiger partial charge in [-0.2, -0.15) is 5.10 Å². The molecule has 6 nitrogen and oxygen atoms in total. The van der Waals surface area contributed by atoms with E-state index in [1.54, 1.807) is 11.6 Å². The lowest BCUT2D eigenvalue weighted by Gasteiger charge is -2.12. The van der Waals surface area contributed by atoms with Gasteiger partial charge in [0.05, 0.1) is 11.4 Å². The molecule has 120 valence electrons. The van der Waals surface area contributed by atoms with E-state index in [9.17, 15) is 8.42 Å². The standard InChI is InChI=1S/C14H26N4O2S/c1-10(2)9-18-12(4)14(11(3)17-18)21(19,20)16-8-13-6-5-7-15-13/h10,13,15-16H,5-9H2,1-4H3. The topological polar surface area (TPSA) is 76.0 Å². The highest BCUT2D eigenvalue weighted by molar-refractivity contribution is 7.89. The number of aromatic nitrogens is 2. The van der Waals surface area contributed by atoms with Crippen LogP contribution in [0.1, 0.15) is 38.1 Å². The Bertz CT molecular complexity index is 586. The summed E-state index contributed by atoms with van der Waals surface area (Å²) in [5.41, 5.74) is 1.29. The van der Waals surface area contributed by atoms with Gasteiger partial charge in [0.15, 0.2) is 0 Å². The zero-order valence-corrected chi connectivity index (χ0v) is 14.1. The van der Waals surface area contributed by atoms with Crippen molar-refractivity contribution in [3.63, 3.8) is 0 Å². The van der Waals surface area contributed by atoms with Gasteiger partial charge in [0, 0.05) is 19.1 Å². The molecule has 0 radical (unpaired) electrons. The Morgan fingerprint density at radius 1 is 1.43 bits per heavy atom. The molecule has 2 N–H and O–H groups in total. The van der Waals surface area contributed by atoms with E-state index in [0.717, 1.165) is 25.9 Å². The van der Waals surface area contributed by atoms with E-state index in [2.05, 4.69) is 29.0 Å². The molecule has 0 amide bonds. The summed E-state index contributed by atoms with van der Waals surface area (Å²) in [6, 6.07) is 0.242. The van der Waals surface area contributed by atoms with Crippen LogP contribution in [0.25, 0.3) is 0 Å². The molecule has 2 heterocycles. The van der Waals surface area contributed by atoms with E-state index in [0.29, 0.717) is 28.7 Å². The molecule has 0 saturated carbocycles. The average molecular weight is 314 g/mol. The van der Waals surface area contributed by atoms with Gasteiger partial charge in [0.1, 0.15) is 4.90 Å². The maximum absolute atomic E-state index is 12.5. The van der Waals surface area contributed by atoms with Crippen molar-refractivity contribution in [2.45, 2.75) is 58.0 Å². The summed E-state index contributed by atoms with van der Waals surface area (Å²) in [4.78, 5) is 0.334. The monoisotopic (exact) mass is 314 g/mol. The molecule has 1 unspecified atom stereocenters. The fourth-order valence-corrected chi connectivity index (χ4v) is 4.30. The molecule has 0 aliphatic carbocycles. The van der Waals surface area contributed by atoms with Crippen LogP contribution in [0.2, 0.25) is 0 Å². The molecular formula is C14H26N4O2S. The summed E-state index contributed by atoms with van der Waals surface area (Å²) in [6.45, 7) is 9.90. The van der Waals surface area contributed by atoms with E-state index >= 15 is 0 Å². The van der Waals surface area contributed by atoms with E-state index in [-0.39, 0.29) is 6.04 Å². The van der Waals surface area contributed by atoms with Crippen molar-refractivity contribution in [2.24, 2.45) is 5.92 Å². The molecular weight excluding hydrogens is 288 g/mol. The third kappa shape index (κ3) is 3.84. The molecule has 2 rings (SSSR count). The Hall–Kier alpha value is -0.920. The Kier molecular flexibility index (Phi) is 5.06. The van der Waals surface area contributed by atoms with Gasteiger partial charge in [0.2, 0.25) is 10.0 Å². The van der Waals surface area contributed by atoms with Crippen LogP contribution in [-0.2, 0) is 16.6 Å². The lowest BCUT2D eigenvalue weighted by molar-refractivity contribution is 0.471. The van der Waals surface area contributed by atoms with Gasteiger partial charge in [-0.05, 0) is 39.2 Å². The van der Waals surface area contributed by atoms with Crippen LogP contribution in [0, 0.1) is 19.8 Å². The predicted molar refractivity (Wildman–Crippen MR) is 82.8 cm³/mol. The second kappa shape index (κ2) is 6.46. The van der Waals surface area contributed by atoms with Crippen molar-refractivity contribution in [1.82, 2.24) is 19.8 Å². The third-order valence-electron chi connectivity index (χ3n) is 3.80. The quantitative estimate of drug-likeness (QED) is 0.827. The van der Waals surface area contributed by atoms with Crippen molar-refractivity contribution >= 4 is 10.0 Å². The van der Waals surface area contributed by atoms with E-state index < -0.39 is 10.0 Å². The Morgan fingerprint density at radius 3 is 2.71 bits per heavy atom. The highest BCUT2D eigenvalue weighted by Gasteiger charge is 2.26. The van der Waals surface area contributed by atoms with Gasteiger partial charge in [-0.1, -0.05) is 13.8 Å². The van der Waals surface area contributed by atoms with Gasteiger partial charge >= 0.3 is 0 Å². The molecule has 0 aromatic carbocycles. The average Bonchev–Trinajstić information content (AvgIpc) is 2.96. The van der Waals surface area contributed by atoms with Crippen LogP contribution in [-0.4, -0.2) is 37.3 Å². The van der Waals surface area contributed by atoms with Crippen LogP contribution in [0.3, 0.4) is 0 Å². The van der Waals surface area contributed by atoms with Crippen molar-refractivity contribution in [1.29, 1.82) is 0 Å². The highest BCUT2D eigenvalue weighted by Crippen LogP contribution is 2.20. The third-order valence-corrected chi connectivity index (χ3v) is 5.48. The molecule has 1 aliphatic heterocycles. The van der Waals surface area contributed by atoms with Crippen molar-refractivity contribution in [3.8, 4) is 0 Å². The number of nitrogens with one attached hydrogen (secondary N) is 2. The summed E-state index contributed by atoms with van der Waals surface area (Å²) < 4.78 is 29.6. The molecule has 1 aromatic rings. The van der Waals surface area contributed by atoms with Crippen LogP contribution in [0.5, 0.6) is 0 Å². The van der Waals surface area contributed by atoms with E-state index in [1.807, 2.05) is 6.92 Å². The van der Waals surface area contributed by atoms with Gasteiger partial charge < -0.3 is 5.32 Å². The molecule has 1 aliphatic rings. The lowest BCUT2D eigenvalue weighted by Crippen LogP contribution is -2.37. The second-order valence-corrected chi connectivity index (χ2v) is 7.92. The first-order chi connectivity index (χ1) is 9.81. The zero-order chi connectivity index (χ0) is 15.6. The molecule has 21 heavy (non-hydrogen) atoms. The van der Waals surface area contributed by atoms with Gasteiger partial charge in [-0.25, -0.2) is 13.1 Å². The first kappa shape index (κ1) is 16.5. The minimum Gasteiger partial charge on any atom is -0.313 e. The maximum atomic E-state index is 12.5. The maximum Gasteiger partial charge on any atom is 0.244 e. The number of aryl methyl sites for hydroxylation is 1. The number of hydrogen-bond donors (Lipinski definition) is 2. The smallest absolute Gasteiger partial charge is 0.244 e. The Labute approximate surface area is 127 Å². The first-order valence-electron chi connectivity index (χ1n) is 7.58. The van der Waals surface area contributed by atoms with Crippen LogP contribution >= 0.6 is 0 Å². The van der Waals surface area contributed by atoms with E-state index in [4.69, 9.17) is 0 Å².